The number of hydrogen-bond donors (Lipinski definition) is 2. The van der Waals surface area contributed by atoms with Gasteiger partial charge in [0.2, 0.25) is 0 Å². The number of piperidine rings is 1. The maximum Gasteiger partial charge on any atom is 0.319 e. The fraction of sp³-hybridized carbons (Fsp3) is 0.667. The molecule has 0 aromatic carbocycles. The summed E-state index contributed by atoms with van der Waals surface area (Å²) in [4.78, 5) is 17.5. The monoisotopic (exact) mass is 511 g/mol. The fourth-order valence-electron chi connectivity index (χ4n) is 6.10. The Morgan fingerprint density at radius 3 is 2.65 bits per heavy atom. The Hall–Kier alpha value is -1.86. The SMILES string of the molecule is O=S1(=O)NCC2(CCCN(c3nc(OCC45CCCN4CCC5)nc4c(F)c(Cl)ncc34)C2)N1. The molecule has 4 aliphatic heterocycles. The lowest BCUT2D eigenvalue weighted by molar-refractivity contribution is 0.108. The number of pyridine rings is 1. The van der Waals surface area contributed by atoms with E-state index in [-0.39, 0.29) is 28.8 Å². The Kier molecular flexibility index (Phi) is 5.37. The minimum atomic E-state index is -3.53. The fourth-order valence-corrected chi connectivity index (χ4v) is 7.58. The number of rotatable bonds is 4. The third-order valence-electron chi connectivity index (χ3n) is 7.71. The molecule has 0 radical (unpaired) electrons. The van der Waals surface area contributed by atoms with Gasteiger partial charge in [-0.2, -0.15) is 23.1 Å². The molecule has 1 atom stereocenters. The van der Waals surface area contributed by atoms with Gasteiger partial charge in [-0.25, -0.2) is 14.1 Å². The zero-order valence-electron chi connectivity index (χ0n) is 18.7. The van der Waals surface area contributed by atoms with Gasteiger partial charge in [0.1, 0.15) is 17.9 Å². The zero-order chi connectivity index (χ0) is 23.6. The standard InChI is InChI=1S/C21H27ClFN7O3S/c22-17-15(23)16-14(10-24-17)18(29-7-1-4-20(12-29)11-25-34(31,32)28-20)27-19(26-16)33-13-21-5-2-8-30(21)9-3-6-21/h10,25,28H,1-9,11-13H2. The van der Waals surface area contributed by atoms with Crippen LogP contribution < -0.4 is 19.1 Å². The first kappa shape index (κ1) is 22.6. The first-order chi connectivity index (χ1) is 16.3. The molecule has 2 aromatic rings. The maximum atomic E-state index is 15.0. The predicted molar refractivity (Wildman–Crippen MR) is 125 cm³/mol. The zero-order valence-corrected chi connectivity index (χ0v) is 20.3. The van der Waals surface area contributed by atoms with Gasteiger partial charge in [-0.1, -0.05) is 11.6 Å². The second-order valence-electron chi connectivity index (χ2n) is 9.89. The highest BCUT2D eigenvalue weighted by atomic mass is 35.5. The van der Waals surface area contributed by atoms with Gasteiger partial charge in [-0.3, -0.25) is 4.90 Å². The van der Waals surface area contributed by atoms with E-state index in [1.54, 1.807) is 0 Å². The summed E-state index contributed by atoms with van der Waals surface area (Å²) < 4.78 is 50.5. The molecular formula is C21H27ClFN7O3S. The second kappa shape index (κ2) is 8.09. The highest BCUT2D eigenvalue weighted by Gasteiger charge is 2.46. The summed E-state index contributed by atoms with van der Waals surface area (Å²) in [6, 6.07) is 0.0987. The predicted octanol–water partition coefficient (Wildman–Crippen LogP) is 1.60. The molecule has 6 heterocycles. The lowest BCUT2D eigenvalue weighted by Crippen LogP contribution is -2.56. The van der Waals surface area contributed by atoms with Crippen LogP contribution in [0, 0.1) is 5.82 Å². The van der Waals surface area contributed by atoms with Gasteiger partial charge in [0.05, 0.1) is 16.5 Å². The molecule has 34 heavy (non-hydrogen) atoms. The smallest absolute Gasteiger partial charge is 0.319 e. The number of halogens is 2. The van der Waals surface area contributed by atoms with Gasteiger partial charge in [0.25, 0.3) is 10.2 Å². The normalized spacial score (nSPS) is 28.1. The van der Waals surface area contributed by atoms with Gasteiger partial charge in [0.15, 0.2) is 11.0 Å². The molecule has 6 rings (SSSR count). The topological polar surface area (TPSA) is 113 Å². The number of ether oxygens (including phenoxy) is 1. The highest BCUT2D eigenvalue weighted by Crippen LogP contribution is 2.39. The van der Waals surface area contributed by atoms with Crippen LogP contribution in [0.25, 0.3) is 10.9 Å². The summed E-state index contributed by atoms with van der Waals surface area (Å²) in [6.07, 6.45) is 7.32. The average molecular weight is 512 g/mol. The minimum Gasteiger partial charge on any atom is -0.461 e. The number of fused-ring (bicyclic) bond motifs is 2. The molecule has 0 bridgehead atoms. The number of nitrogens with zero attached hydrogens (tertiary/aromatic N) is 5. The van der Waals surface area contributed by atoms with Crippen LogP contribution in [0.4, 0.5) is 10.2 Å². The van der Waals surface area contributed by atoms with Crippen LogP contribution >= 0.6 is 11.6 Å². The summed E-state index contributed by atoms with van der Waals surface area (Å²) in [5, 5.41) is 0.156. The van der Waals surface area contributed by atoms with Gasteiger partial charge in [-0.15, -0.1) is 0 Å². The van der Waals surface area contributed by atoms with Crippen molar-refractivity contribution in [2.24, 2.45) is 0 Å². The van der Waals surface area contributed by atoms with Crippen molar-refractivity contribution in [1.82, 2.24) is 29.3 Å². The van der Waals surface area contributed by atoms with Crippen LogP contribution in [-0.2, 0) is 10.2 Å². The number of nitrogens with one attached hydrogen (secondary N) is 2. The van der Waals surface area contributed by atoms with E-state index in [1.165, 1.54) is 6.20 Å². The van der Waals surface area contributed by atoms with E-state index in [0.29, 0.717) is 37.3 Å². The van der Waals surface area contributed by atoms with Gasteiger partial charge in [0, 0.05) is 25.8 Å². The molecule has 1 spiro atoms. The van der Waals surface area contributed by atoms with E-state index in [0.717, 1.165) is 45.2 Å². The lowest BCUT2D eigenvalue weighted by Gasteiger charge is -2.40. The van der Waals surface area contributed by atoms with Crippen molar-refractivity contribution in [2.45, 2.75) is 49.6 Å². The molecule has 184 valence electrons. The van der Waals surface area contributed by atoms with E-state index >= 15 is 4.39 Å². The summed E-state index contributed by atoms with van der Waals surface area (Å²) in [5.41, 5.74) is -0.603. The largest absolute Gasteiger partial charge is 0.461 e. The van der Waals surface area contributed by atoms with Crippen LogP contribution in [0.5, 0.6) is 6.01 Å². The first-order valence-electron chi connectivity index (χ1n) is 11.7. The average Bonchev–Trinajstić information content (AvgIpc) is 3.47. The number of hydrogen-bond acceptors (Lipinski definition) is 8. The molecule has 0 aliphatic carbocycles. The molecular weight excluding hydrogens is 485 g/mol. The van der Waals surface area contributed by atoms with E-state index in [4.69, 9.17) is 16.3 Å². The minimum absolute atomic E-state index is 0.00407. The Balaban J connectivity index is 1.36. The van der Waals surface area contributed by atoms with Crippen LogP contribution in [0.1, 0.15) is 38.5 Å². The molecule has 4 fully saturated rings. The van der Waals surface area contributed by atoms with Gasteiger partial charge < -0.3 is 9.64 Å². The summed E-state index contributed by atoms with van der Waals surface area (Å²) >= 11 is 5.97. The van der Waals surface area contributed by atoms with Gasteiger partial charge >= 0.3 is 6.01 Å². The lowest BCUT2D eigenvalue weighted by atomic mass is 9.90. The Morgan fingerprint density at radius 1 is 1.15 bits per heavy atom. The number of anilines is 1. The quantitative estimate of drug-likeness (QED) is 0.595. The third-order valence-corrected chi connectivity index (χ3v) is 9.20. The van der Waals surface area contributed by atoms with Crippen molar-refractivity contribution in [2.75, 3.05) is 44.2 Å². The van der Waals surface area contributed by atoms with Crippen molar-refractivity contribution >= 4 is 38.5 Å². The van der Waals surface area contributed by atoms with Crippen LogP contribution in [0.15, 0.2) is 6.20 Å². The van der Waals surface area contributed by atoms with Crippen LogP contribution in [0.3, 0.4) is 0 Å². The van der Waals surface area contributed by atoms with Crippen molar-refractivity contribution in [3.8, 4) is 6.01 Å². The third kappa shape index (κ3) is 3.79. The molecule has 13 heteroatoms. The van der Waals surface area contributed by atoms with E-state index in [1.807, 2.05) is 4.90 Å². The van der Waals surface area contributed by atoms with E-state index in [9.17, 15) is 8.42 Å². The Labute approximate surface area is 202 Å². The maximum absolute atomic E-state index is 15.0. The number of aromatic nitrogens is 3. The van der Waals surface area contributed by atoms with E-state index < -0.39 is 21.6 Å². The van der Waals surface area contributed by atoms with Crippen molar-refractivity contribution in [1.29, 1.82) is 0 Å². The summed E-state index contributed by atoms with van der Waals surface area (Å²) in [5.74, 6) is -0.246. The molecule has 4 saturated heterocycles. The molecule has 4 aliphatic rings. The molecule has 0 amide bonds. The molecule has 1 unspecified atom stereocenters. The van der Waals surface area contributed by atoms with Crippen molar-refractivity contribution < 1.29 is 17.5 Å². The molecule has 10 nitrogen and oxygen atoms in total. The molecule has 2 N–H and O–H groups in total. The molecule has 2 aromatic heterocycles. The van der Waals surface area contributed by atoms with Gasteiger partial charge in [-0.05, 0) is 51.6 Å². The second-order valence-corrected chi connectivity index (χ2v) is 11.8. The summed E-state index contributed by atoms with van der Waals surface area (Å²) in [7, 11) is -3.53. The first-order valence-corrected chi connectivity index (χ1v) is 13.6. The van der Waals surface area contributed by atoms with Crippen molar-refractivity contribution in [3.05, 3.63) is 17.2 Å². The summed E-state index contributed by atoms with van der Waals surface area (Å²) in [6.45, 7) is 3.90. The van der Waals surface area contributed by atoms with Crippen LogP contribution in [-0.4, -0.2) is 78.7 Å². The Morgan fingerprint density at radius 2 is 1.91 bits per heavy atom. The Bertz CT molecular complexity index is 1240. The van der Waals surface area contributed by atoms with E-state index in [2.05, 4.69) is 29.3 Å². The molecule has 0 saturated carbocycles. The van der Waals surface area contributed by atoms with Crippen LogP contribution in [0.2, 0.25) is 5.15 Å². The highest BCUT2D eigenvalue weighted by molar-refractivity contribution is 7.87. The van der Waals surface area contributed by atoms with Crippen molar-refractivity contribution in [3.63, 3.8) is 0 Å².